The van der Waals surface area contributed by atoms with Gasteiger partial charge in [0.15, 0.2) is 0 Å². The van der Waals surface area contributed by atoms with Crippen LogP contribution in [0.3, 0.4) is 0 Å². The van der Waals surface area contributed by atoms with Crippen molar-refractivity contribution >= 4 is 22.9 Å². The van der Waals surface area contributed by atoms with Crippen LogP contribution in [0, 0.1) is 5.92 Å². The maximum atomic E-state index is 13.5. The van der Waals surface area contributed by atoms with E-state index in [4.69, 9.17) is 4.74 Å². The normalized spacial score (nSPS) is 22.7. The van der Waals surface area contributed by atoms with Crippen LogP contribution in [0.2, 0.25) is 0 Å². The number of nitrogens with zero attached hydrogens (tertiary/aromatic N) is 1. The van der Waals surface area contributed by atoms with Crippen LogP contribution in [0.1, 0.15) is 47.3 Å². The minimum absolute atomic E-state index is 0.0300. The fraction of sp³-hybridized carbons (Fsp3) is 0.611. The summed E-state index contributed by atoms with van der Waals surface area (Å²) in [6, 6.07) is 1.96. The summed E-state index contributed by atoms with van der Waals surface area (Å²) in [6.07, 6.45) is 1.90. The molecule has 24 heavy (non-hydrogen) atoms. The zero-order chi connectivity index (χ0) is 17.3. The molecule has 3 nitrogen and oxygen atoms in total. The second-order valence-corrected chi connectivity index (χ2v) is 7.69. The number of rotatable bonds is 3. The molecule has 2 aliphatic rings. The molecule has 1 aromatic heterocycles. The first-order valence-electron chi connectivity index (χ1n) is 8.36. The van der Waals surface area contributed by atoms with E-state index < -0.39 is 5.92 Å². The van der Waals surface area contributed by atoms with Gasteiger partial charge in [0.05, 0.1) is 7.11 Å². The molecule has 0 N–H and O–H groups in total. The lowest BCUT2D eigenvalue weighted by molar-refractivity contribution is -0.0424. The van der Waals surface area contributed by atoms with Crippen LogP contribution in [-0.4, -0.2) is 44.0 Å². The summed E-state index contributed by atoms with van der Waals surface area (Å²) in [5, 5.41) is 1.90. The molecule has 0 spiro atoms. The number of hydrogen-bond donors (Lipinski definition) is 0. The molecule has 132 valence electrons. The Hall–Kier alpha value is -1.27. The summed E-state index contributed by atoms with van der Waals surface area (Å²) in [4.78, 5) is 14.9. The van der Waals surface area contributed by atoms with Gasteiger partial charge in [-0.3, -0.25) is 0 Å². The molecular weight excluding hydrogens is 332 g/mol. The topological polar surface area (TPSA) is 29.5 Å². The van der Waals surface area contributed by atoms with Crippen LogP contribution < -0.4 is 0 Å². The zero-order valence-electron chi connectivity index (χ0n) is 14.1. The highest BCUT2D eigenvalue weighted by atomic mass is 32.1. The van der Waals surface area contributed by atoms with Gasteiger partial charge in [0.2, 0.25) is 5.92 Å². The van der Waals surface area contributed by atoms with Crippen LogP contribution >= 0.6 is 11.3 Å². The minimum Gasteiger partial charge on any atom is -0.465 e. The smallest absolute Gasteiger partial charge is 0.348 e. The molecule has 0 bridgehead atoms. The number of hydrogen-bond acceptors (Lipinski definition) is 4. The lowest BCUT2D eigenvalue weighted by atomic mass is 9.77. The van der Waals surface area contributed by atoms with Crippen LogP contribution in [-0.2, 0) is 4.74 Å². The van der Waals surface area contributed by atoms with E-state index in [0.717, 1.165) is 30.6 Å². The number of esters is 1. The van der Waals surface area contributed by atoms with Crippen molar-refractivity contribution in [3.8, 4) is 0 Å². The van der Waals surface area contributed by atoms with Crippen LogP contribution in [0.5, 0.6) is 0 Å². The quantitative estimate of drug-likeness (QED) is 0.750. The number of alkyl halides is 2. The van der Waals surface area contributed by atoms with Gasteiger partial charge in [-0.1, -0.05) is 5.57 Å². The molecule has 6 heteroatoms. The van der Waals surface area contributed by atoms with Crippen molar-refractivity contribution in [3.05, 3.63) is 27.5 Å². The molecule has 0 aromatic carbocycles. The fourth-order valence-electron chi connectivity index (χ4n) is 3.81. The Morgan fingerprint density at radius 3 is 2.75 bits per heavy atom. The number of likely N-dealkylation sites (N-methyl/N-ethyl adjacent to an activating group) is 1. The third-order valence-electron chi connectivity index (χ3n) is 5.15. The Bertz CT molecular complexity index is 643. The first kappa shape index (κ1) is 17.5. The van der Waals surface area contributed by atoms with E-state index in [1.54, 1.807) is 0 Å². The van der Waals surface area contributed by atoms with Gasteiger partial charge in [0.25, 0.3) is 0 Å². The van der Waals surface area contributed by atoms with E-state index in [-0.39, 0.29) is 24.7 Å². The van der Waals surface area contributed by atoms with Crippen molar-refractivity contribution in [3.63, 3.8) is 0 Å². The van der Waals surface area contributed by atoms with Crippen LogP contribution in [0.4, 0.5) is 8.78 Å². The molecule has 0 amide bonds. The number of carbonyl (C=O) groups excluding carboxylic acids is 1. The van der Waals surface area contributed by atoms with Gasteiger partial charge in [0, 0.05) is 31.5 Å². The Labute approximate surface area is 145 Å². The molecule has 1 aliphatic heterocycles. The highest BCUT2D eigenvalue weighted by Gasteiger charge is 2.37. The molecule has 0 unspecified atom stereocenters. The lowest BCUT2D eigenvalue weighted by Crippen LogP contribution is -2.32. The van der Waals surface area contributed by atoms with Crippen molar-refractivity contribution in [1.29, 1.82) is 0 Å². The third kappa shape index (κ3) is 3.54. The van der Waals surface area contributed by atoms with Gasteiger partial charge in [-0.2, -0.15) is 0 Å². The molecule has 1 fully saturated rings. The number of carbonyl (C=O) groups is 1. The SMILES string of the molecule is COC(=O)c1sccc1C1=C(C2CCC(F)(F)CC2)CCN(C)C1. The second-order valence-electron chi connectivity index (χ2n) is 6.78. The number of halogens is 2. The van der Waals surface area contributed by atoms with Crippen LogP contribution in [0.25, 0.3) is 5.57 Å². The van der Waals surface area contributed by atoms with Gasteiger partial charge in [-0.15, -0.1) is 11.3 Å². The summed E-state index contributed by atoms with van der Waals surface area (Å²) in [5.74, 6) is -2.63. The minimum atomic E-state index is -2.51. The van der Waals surface area contributed by atoms with E-state index in [1.807, 2.05) is 11.4 Å². The molecule has 0 atom stereocenters. The van der Waals surface area contributed by atoms with Gasteiger partial charge in [0.1, 0.15) is 4.88 Å². The average Bonchev–Trinajstić information content (AvgIpc) is 3.04. The van der Waals surface area contributed by atoms with Crippen molar-refractivity contribution in [1.82, 2.24) is 4.90 Å². The summed E-state index contributed by atoms with van der Waals surface area (Å²) in [5.41, 5.74) is 3.33. The Morgan fingerprint density at radius 1 is 1.38 bits per heavy atom. The fourth-order valence-corrected chi connectivity index (χ4v) is 4.65. The lowest BCUT2D eigenvalue weighted by Gasteiger charge is -2.36. The predicted molar refractivity (Wildman–Crippen MR) is 91.6 cm³/mol. The molecular formula is C18H23F2NO2S. The second kappa shape index (κ2) is 6.92. The Morgan fingerprint density at radius 2 is 2.08 bits per heavy atom. The highest BCUT2D eigenvalue weighted by Crippen LogP contribution is 2.44. The highest BCUT2D eigenvalue weighted by molar-refractivity contribution is 7.12. The standard InChI is InChI=1S/C18H23F2NO2S/c1-21-9-5-13(12-3-7-18(19,20)8-4-12)15(11-21)14-6-10-24-16(14)17(22)23-2/h6,10,12H,3-5,7-9,11H2,1-2H3. The first-order valence-corrected chi connectivity index (χ1v) is 9.24. The van der Waals surface area contributed by atoms with E-state index in [9.17, 15) is 13.6 Å². The number of ether oxygens (including phenoxy) is 1. The summed E-state index contributed by atoms with van der Waals surface area (Å²) in [6.45, 7) is 1.69. The summed E-state index contributed by atoms with van der Waals surface area (Å²) >= 11 is 1.38. The molecule has 0 saturated heterocycles. The van der Waals surface area contributed by atoms with E-state index >= 15 is 0 Å². The molecule has 1 aromatic rings. The predicted octanol–water partition coefficient (Wildman–Crippen LogP) is 4.45. The molecule has 2 heterocycles. The maximum Gasteiger partial charge on any atom is 0.348 e. The van der Waals surface area contributed by atoms with E-state index in [0.29, 0.717) is 17.7 Å². The molecule has 0 radical (unpaired) electrons. The number of thiophene rings is 1. The van der Waals surface area contributed by atoms with Gasteiger partial charge in [-0.25, -0.2) is 13.6 Å². The Balaban J connectivity index is 1.96. The van der Waals surface area contributed by atoms with Crippen LogP contribution in [0.15, 0.2) is 17.0 Å². The van der Waals surface area contributed by atoms with E-state index in [1.165, 1.54) is 24.0 Å². The summed E-state index contributed by atoms with van der Waals surface area (Å²) < 4.78 is 31.9. The molecule has 3 rings (SSSR count). The Kier molecular flexibility index (Phi) is 5.06. The largest absolute Gasteiger partial charge is 0.465 e. The molecule has 1 saturated carbocycles. The maximum absolute atomic E-state index is 13.5. The van der Waals surface area contributed by atoms with Crippen molar-refractivity contribution in [2.45, 2.75) is 38.0 Å². The zero-order valence-corrected chi connectivity index (χ0v) is 14.9. The van der Waals surface area contributed by atoms with E-state index in [2.05, 4.69) is 11.9 Å². The van der Waals surface area contributed by atoms with Gasteiger partial charge in [-0.05, 0) is 49.2 Å². The number of methoxy groups -OCH3 is 1. The van der Waals surface area contributed by atoms with Crippen molar-refractivity contribution in [2.24, 2.45) is 5.92 Å². The third-order valence-corrected chi connectivity index (χ3v) is 6.04. The average molecular weight is 355 g/mol. The van der Waals surface area contributed by atoms with Crippen molar-refractivity contribution < 1.29 is 18.3 Å². The first-order chi connectivity index (χ1) is 11.4. The molecule has 1 aliphatic carbocycles. The summed E-state index contributed by atoms with van der Waals surface area (Å²) in [7, 11) is 3.44. The van der Waals surface area contributed by atoms with Crippen molar-refractivity contribution in [2.75, 3.05) is 27.2 Å². The van der Waals surface area contributed by atoms with Gasteiger partial charge >= 0.3 is 5.97 Å². The van der Waals surface area contributed by atoms with Gasteiger partial charge < -0.3 is 9.64 Å². The monoisotopic (exact) mass is 355 g/mol.